The van der Waals surface area contributed by atoms with Gasteiger partial charge in [0.1, 0.15) is 15.1 Å². The maximum absolute atomic E-state index is 11.1. The third-order valence-electron chi connectivity index (χ3n) is 5.00. The molecule has 0 atom stereocenters. The molecule has 1 aromatic heterocycles. The quantitative estimate of drug-likeness (QED) is 0.476. The summed E-state index contributed by atoms with van der Waals surface area (Å²) in [6.07, 6.45) is 3.48. The van der Waals surface area contributed by atoms with Gasteiger partial charge in [0.25, 0.3) is 0 Å². The van der Waals surface area contributed by atoms with Gasteiger partial charge in [0.2, 0.25) is 0 Å². The predicted octanol–water partition coefficient (Wildman–Crippen LogP) is 7.26. The lowest BCUT2D eigenvalue weighted by molar-refractivity contribution is 0.513. The standard InChI is InChI=1S/C23H22ClNOS/c1-2-3-7-15-10-12-17(13-11-15)19-20-21(26)18(16-8-5-4-6-9-16)14-25-23(20)27-22(19)24/h4-6,8-13,25-26H,2-3,7,14H2,1H3. The molecule has 27 heavy (non-hydrogen) atoms. The fourth-order valence-corrected chi connectivity index (χ4v) is 4.89. The van der Waals surface area contributed by atoms with Gasteiger partial charge in [0, 0.05) is 17.7 Å². The van der Waals surface area contributed by atoms with E-state index in [1.807, 2.05) is 30.3 Å². The molecule has 2 N–H and O–H groups in total. The molecular formula is C23H22ClNOS. The summed E-state index contributed by atoms with van der Waals surface area (Å²) in [6, 6.07) is 18.6. The Morgan fingerprint density at radius 3 is 2.44 bits per heavy atom. The highest BCUT2D eigenvalue weighted by Gasteiger charge is 2.27. The topological polar surface area (TPSA) is 32.3 Å². The van der Waals surface area contributed by atoms with Gasteiger partial charge in [0.05, 0.1) is 5.56 Å². The molecule has 2 nitrogen and oxygen atoms in total. The van der Waals surface area contributed by atoms with Crippen molar-refractivity contribution in [2.75, 3.05) is 11.9 Å². The van der Waals surface area contributed by atoms with E-state index in [1.165, 1.54) is 29.7 Å². The summed E-state index contributed by atoms with van der Waals surface area (Å²) >= 11 is 8.09. The van der Waals surface area contributed by atoms with Crippen LogP contribution >= 0.6 is 22.9 Å². The second-order valence-electron chi connectivity index (χ2n) is 6.80. The van der Waals surface area contributed by atoms with Crippen LogP contribution < -0.4 is 5.32 Å². The number of halogens is 1. The molecule has 2 heterocycles. The highest BCUT2D eigenvalue weighted by Crippen LogP contribution is 2.49. The average Bonchev–Trinajstić information content (AvgIpc) is 3.04. The number of unbranched alkanes of at least 4 members (excludes halogenated alkanes) is 1. The van der Waals surface area contributed by atoms with Crippen molar-refractivity contribution in [3.05, 3.63) is 75.6 Å². The number of aliphatic hydroxyl groups is 1. The Balaban J connectivity index is 1.77. The van der Waals surface area contributed by atoms with E-state index in [0.717, 1.165) is 39.2 Å². The van der Waals surface area contributed by atoms with Gasteiger partial charge in [-0.05, 0) is 29.5 Å². The first-order valence-corrected chi connectivity index (χ1v) is 10.5. The zero-order valence-electron chi connectivity index (χ0n) is 15.3. The molecule has 1 aliphatic heterocycles. The number of fused-ring (bicyclic) bond motifs is 1. The van der Waals surface area contributed by atoms with E-state index < -0.39 is 0 Å². The zero-order valence-corrected chi connectivity index (χ0v) is 16.8. The third kappa shape index (κ3) is 3.50. The average molecular weight is 396 g/mol. The summed E-state index contributed by atoms with van der Waals surface area (Å²) in [5, 5.41) is 15.4. The van der Waals surface area contributed by atoms with Crippen molar-refractivity contribution < 1.29 is 5.11 Å². The molecule has 0 aliphatic carbocycles. The van der Waals surface area contributed by atoms with Crippen LogP contribution in [-0.2, 0) is 6.42 Å². The van der Waals surface area contributed by atoms with Crippen LogP contribution in [0.5, 0.6) is 0 Å². The molecule has 1 aliphatic rings. The highest BCUT2D eigenvalue weighted by molar-refractivity contribution is 7.21. The van der Waals surface area contributed by atoms with Gasteiger partial charge in [-0.2, -0.15) is 0 Å². The molecule has 2 aromatic carbocycles. The summed E-state index contributed by atoms with van der Waals surface area (Å²) in [4.78, 5) is 0. The van der Waals surface area contributed by atoms with Crippen LogP contribution in [-0.4, -0.2) is 11.7 Å². The SMILES string of the molecule is CCCCc1ccc(-c2c(Cl)sc3c2C(O)=C(c2ccccc2)CN3)cc1. The second kappa shape index (κ2) is 7.79. The molecule has 3 aromatic rings. The number of nitrogens with one attached hydrogen (secondary N) is 1. The van der Waals surface area contributed by atoms with E-state index >= 15 is 0 Å². The summed E-state index contributed by atoms with van der Waals surface area (Å²) in [7, 11) is 0. The maximum Gasteiger partial charge on any atom is 0.132 e. The monoisotopic (exact) mass is 395 g/mol. The van der Waals surface area contributed by atoms with E-state index in [0.29, 0.717) is 16.6 Å². The maximum atomic E-state index is 11.1. The summed E-state index contributed by atoms with van der Waals surface area (Å²) in [6.45, 7) is 2.80. The summed E-state index contributed by atoms with van der Waals surface area (Å²) < 4.78 is 0.703. The fraction of sp³-hybridized carbons (Fsp3) is 0.217. The molecule has 4 rings (SSSR count). The molecule has 0 radical (unpaired) electrons. The van der Waals surface area contributed by atoms with Crippen molar-refractivity contribution in [3.8, 4) is 11.1 Å². The van der Waals surface area contributed by atoms with Crippen LogP contribution in [0.2, 0.25) is 4.34 Å². The molecule has 0 fully saturated rings. The van der Waals surface area contributed by atoms with Crippen LogP contribution in [0.3, 0.4) is 0 Å². The summed E-state index contributed by atoms with van der Waals surface area (Å²) in [5.74, 6) is 0.322. The number of hydrogen-bond acceptors (Lipinski definition) is 3. The molecule has 0 amide bonds. The van der Waals surface area contributed by atoms with Gasteiger partial charge < -0.3 is 10.4 Å². The number of benzene rings is 2. The first kappa shape index (κ1) is 18.1. The van der Waals surface area contributed by atoms with E-state index in [1.54, 1.807) is 0 Å². The van der Waals surface area contributed by atoms with Crippen molar-refractivity contribution in [2.45, 2.75) is 26.2 Å². The number of aryl methyl sites for hydroxylation is 1. The Morgan fingerprint density at radius 2 is 1.74 bits per heavy atom. The molecule has 0 spiro atoms. The fourth-order valence-electron chi connectivity index (χ4n) is 3.51. The van der Waals surface area contributed by atoms with Gasteiger partial charge in [-0.1, -0.05) is 79.5 Å². The van der Waals surface area contributed by atoms with Gasteiger partial charge in [-0.3, -0.25) is 0 Å². The van der Waals surface area contributed by atoms with Gasteiger partial charge in [-0.25, -0.2) is 0 Å². The van der Waals surface area contributed by atoms with Crippen molar-refractivity contribution in [1.82, 2.24) is 0 Å². The second-order valence-corrected chi connectivity index (χ2v) is 8.42. The van der Waals surface area contributed by atoms with E-state index in [2.05, 4.69) is 36.5 Å². The molecule has 0 bridgehead atoms. The molecule has 0 saturated carbocycles. The van der Waals surface area contributed by atoms with Crippen LogP contribution in [0.4, 0.5) is 5.00 Å². The molecule has 4 heteroatoms. The Morgan fingerprint density at radius 1 is 1.00 bits per heavy atom. The number of rotatable bonds is 5. The lowest BCUT2D eigenvalue weighted by atomic mass is 9.94. The minimum absolute atomic E-state index is 0.322. The van der Waals surface area contributed by atoms with E-state index in [9.17, 15) is 5.11 Å². The van der Waals surface area contributed by atoms with Crippen molar-refractivity contribution in [2.24, 2.45) is 0 Å². The lowest BCUT2D eigenvalue weighted by Gasteiger charge is -2.20. The van der Waals surface area contributed by atoms with Gasteiger partial charge in [-0.15, -0.1) is 11.3 Å². The minimum Gasteiger partial charge on any atom is -0.507 e. The predicted molar refractivity (Wildman–Crippen MR) is 118 cm³/mol. The highest BCUT2D eigenvalue weighted by atomic mass is 35.5. The number of anilines is 1. The molecular weight excluding hydrogens is 374 g/mol. The number of aliphatic hydroxyl groups excluding tert-OH is 1. The Bertz CT molecular complexity index is 974. The Labute approximate surface area is 169 Å². The molecule has 0 unspecified atom stereocenters. The number of thiophene rings is 1. The van der Waals surface area contributed by atoms with E-state index in [-0.39, 0.29) is 0 Å². The normalized spacial score (nSPS) is 13.4. The van der Waals surface area contributed by atoms with E-state index in [4.69, 9.17) is 11.6 Å². The minimum atomic E-state index is 0.322. The van der Waals surface area contributed by atoms with Gasteiger partial charge >= 0.3 is 0 Å². The third-order valence-corrected chi connectivity index (χ3v) is 6.35. The lowest BCUT2D eigenvalue weighted by Crippen LogP contribution is -2.12. The summed E-state index contributed by atoms with van der Waals surface area (Å²) in [5.41, 5.74) is 6.03. The van der Waals surface area contributed by atoms with Crippen LogP contribution in [0.1, 0.15) is 36.5 Å². The smallest absolute Gasteiger partial charge is 0.132 e. The van der Waals surface area contributed by atoms with Gasteiger partial charge in [0.15, 0.2) is 0 Å². The Hall–Kier alpha value is -2.23. The molecule has 138 valence electrons. The zero-order chi connectivity index (χ0) is 18.8. The van der Waals surface area contributed by atoms with Crippen LogP contribution in [0, 0.1) is 0 Å². The molecule has 0 saturated heterocycles. The van der Waals surface area contributed by atoms with Crippen molar-refractivity contribution in [3.63, 3.8) is 0 Å². The van der Waals surface area contributed by atoms with Crippen molar-refractivity contribution >= 4 is 39.3 Å². The first-order valence-electron chi connectivity index (χ1n) is 9.32. The van der Waals surface area contributed by atoms with Crippen LogP contribution in [0.15, 0.2) is 54.6 Å². The first-order chi connectivity index (χ1) is 13.2. The Kier molecular flexibility index (Phi) is 5.24. The largest absolute Gasteiger partial charge is 0.507 e. The number of hydrogen-bond donors (Lipinski definition) is 2. The van der Waals surface area contributed by atoms with Crippen LogP contribution in [0.25, 0.3) is 22.5 Å². The van der Waals surface area contributed by atoms with Crippen molar-refractivity contribution in [1.29, 1.82) is 0 Å².